The van der Waals surface area contributed by atoms with Crippen molar-refractivity contribution in [2.24, 2.45) is 5.92 Å². The Morgan fingerprint density at radius 1 is 1.43 bits per heavy atom. The van der Waals surface area contributed by atoms with Gasteiger partial charge in [0.2, 0.25) is 5.91 Å². The molecule has 1 heterocycles. The fourth-order valence-corrected chi connectivity index (χ4v) is 1.97. The molecule has 1 aliphatic carbocycles. The summed E-state index contributed by atoms with van der Waals surface area (Å²) in [5.74, 6) is -0.0749. The molecule has 0 radical (unpaired) electrons. The van der Waals surface area contributed by atoms with Crippen LogP contribution in [0.5, 0.6) is 0 Å². The molecule has 4 heteroatoms. The smallest absolute Gasteiger partial charge is 0.310 e. The fourth-order valence-electron chi connectivity index (χ4n) is 1.97. The highest BCUT2D eigenvalue weighted by atomic mass is 16.5. The third-order valence-corrected chi connectivity index (χ3v) is 2.97. The quantitative estimate of drug-likeness (QED) is 0.608. The molecule has 1 saturated carbocycles. The summed E-state index contributed by atoms with van der Waals surface area (Å²) in [5, 5.41) is 0. The van der Waals surface area contributed by atoms with Crippen molar-refractivity contribution >= 4 is 11.9 Å². The summed E-state index contributed by atoms with van der Waals surface area (Å²) in [4.78, 5) is 24.7. The summed E-state index contributed by atoms with van der Waals surface area (Å²) >= 11 is 0. The van der Waals surface area contributed by atoms with Gasteiger partial charge < -0.3 is 9.64 Å². The van der Waals surface area contributed by atoms with Crippen molar-refractivity contribution in [1.29, 1.82) is 0 Å². The monoisotopic (exact) mass is 197 g/mol. The maximum Gasteiger partial charge on any atom is 0.310 e. The van der Waals surface area contributed by atoms with Gasteiger partial charge in [-0.25, -0.2) is 0 Å². The Labute approximate surface area is 83.2 Å². The van der Waals surface area contributed by atoms with Crippen LogP contribution in [-0.2, 0) is 14.3 Å². The van der Waals surface area contributed by atoms with Crippen LogP contribution in [0.2, 0.25) is 0 Å². The van der Waals surface area contributed by atoms with Gasteiger partial charge in [0.15, 0.2) is 0 Å². The van der Waals surface area contributed by atoms with E-state index in [9.17, 15) is 9.59 Å². The number of piperidine rings is 1. The SMILES string of the molecule is COC(=O)C1CCC(=O)N(C2CC2)C1. The van der Waals surface area contributed by atoms with Gasteiger partial charge in [-0.2, -0.15) is 0 Å². The largest absolute Gasteiger partial charge is 0.469 e. The molecule has 4 nitrogen and oxygen atoms in total. The van der Waals surface area contributed by atoms with Crippen LogP contribution in [0.25, 0.3) is 0 Å². The first-order valence-electron chi connectivity index (χ1n) is 5.09. The lowest BCUT2D eigenvalue weighted by molar-refractivity contribution is -0.150. The second-order valence-electron chi connectivity index (χ2n) is 4.04. The van der Waals surface area contributed by atoms with E-state index in [1.807, 2.05) is 4.90 Å². The first-order chi connectivity index (χ1) is 6.72. The van der Waals surface area contributed by atoms with Gasteiger partial charge in [0, 0.05) is 19.0 Å². The Morgan fingerprint density at radius 2 is 2.14 bits per heavy atom. The highest BCUT2D eigenvalue weighted by molar-refractivity contribution is 5.81. The van der Waals surface area contributed by atoms with Crippen molar-refractivity contribution in [2.45, 2.75) is 31.7 Å². The summed E-state index contributed by atoms with van der Waals surface area (Å²) in [5.41, 5.74) is 0. The van der Waals surface area contributed by atoms with Crippen LogP contribution in [0, 0.1) is 5.92 Å². The lowest BCUT2D eigenvalue weighted by Crippen LogP contribution is -2.44. The molecular formula is C10H15NO3. The summed E-state index contributed by atoms with van der Waals surface area (Å²) in [6.45, 7) is 0.566. The van der Waals surface area contributed by atoms with Crippen LogP contribution in [0.4, 0.5) is 0 Å². The van der Waals surface area contributed by atoms with E-state index in [1.54, 1.807) is 0 Å². The van der Waals surface area contributed by atoms with Gasteiger partial charge in [-0.15, -0.1) is 0 Å². The Bertz CT molecular complexity index is 260. The van der Waals surface area contributed by atoms with Gasteiger partial charge in [0.05, 0.1) is 13.0 Å². The first-order valence-corrected chi connectivity index (χ1v) is 5.09. The van der Waals surface area contributed by atoms with Crippen LogP contribution in [-0.4, -0.2) is 36.5 Å². The first kappa shape index (κ1) is 9.49. The van der Waals surface area contributed by atoms with Gasteiger partial charge in [-0.3, -0.25) is 9.59 Å². The molecule has 1 unspecified atom stereocenters. The minimum absolute atomic E-state index is 0.0988. The highest BCUT2D eigenvalue weighted by Crippen LogP contribution is 2.31. The van der Waals surface area contributed by atoms with Crippen molar-refractivity contribution in [3.63, 3.8) is 0 Å². The average Bonchev–Trinajstić information content (AvgIpc) is 3.01. The zero-order valence-corrected chi connectivity index (χ0v) is 8.36. The Morgan fingerprint density at radius 3 is 2.71 bits per heavy atom. The molecule has 0 N–H and O–H groups in total. The molecule has 0 aromatic rings. The molecule has 14 heavy (non-hydrogen) atoms. The summed E-state index contributed by atoms with van der Waals surface area (Å²) in [7, 11) is 1.40. The molecule has 2 rings (SSSR count). The maximum absolute atomic E-state index is 11.5. The Kier molecular flexibility index (Phi) is 2.44. The molecule has 0 aromatic heterocycles. The molecule has 2 aliphatic rings. The number of amides is 1. The number of carbonyl (C=O) groups excluding carboxylic acids is 2. The minimum Gasteiger partial charge on any atom is -0.469 e. The van der Waals surface area contributed by atoms with E-state index in [1.165, 1.54) is 7.11 Å². The molecule has 1 atom stereocenters. The van der Waals surface area contributed by atoms with Gasteiger partial charge in [0.25, 0.3) is 0 Å². The van der Waals surface area contributed by atoms with E-state index in [2.05, 4.69) is 0 Å². The van der Waals surface area contributed by atoms with Gasteiger partial charge in [-0.05, 0) is 19.3 Å². The molecule has 0 bridgehead atoms. The third kappa shape index (κ3) is 1.74. The molecule has 0 aromatic carbocycles. The van der Waals surface area contributed by atoms with Crippen molar-refractivity contribution < 1.29 is 14.3 Å². The van der Waals surface area contributed by atoms with Crippen molar-refractivity contribution in [1.82, 2.24) is 4.90 Å². The minimum atomic E-state index is -0.178. The summed E-state index contributed by atoms with van der Waals surface area (Å²) < 4.78 is 4.70. The predicted octanol–water partition coefficient (Wildman–Crippen LogP) is 0.560. The molecule has 1 amide bonds. The van der Waals surface area contributed by atoms with E-state index >= 15 is 0 Å². The van der Waals surface area contributed by atoms with Crippen molar-refractivity contribution in [3.8, 4) is 0 Å². The standard InChI is InChI=1S/C10H15NO3/c1-14-10(13)7-2-5-9(12)11(6-7)8-3-4-8/h7-8H,2-6H2,1H3. The van der Waals surface area contributed by atoms with Gasteiger partial charge in [0.1, 0.15) is 0 Å². The number of ether oxygens (including phenoxy) is 1. The van der Waals surface area contributed by atoms with E-state index in [-0.39, 0.29) is 17.8 Å². The molecular weight excluding hydrogens is 182 g/mol. The summed E-state index contributed by atoms with van der Waals surface area (Å²) in [6, 6.07) is 0.412. The zero-order valence-electron chi connectivity index (χ0n) is 8.36. The second-order valence-corrected chi connectivity index (χ2v) is 4.04. The number of esters is 1. The van der Waals surface area contributed by atoms with Gasteiger partial charge >= 0.3 is 5.97 Å². The molecule has 0 spiro atoms. The van der Waals surface area contributed by atoms with E-state index < -0.39 is 0 Å². The Balaban J connectivity index is 1.97. The third-order valence-electron chi connectivity index (χ3n) is 2.97. The van der Waals surface area contributed by atoms with Crippen LogP contribution in [0.15, 0.2) is 0 Å². The van der Waals surface area contributed by atoms with Crippen LogP contribution in [0.1, 0.15) is 25.7 Å². The van der Waals surface area contributed by atoms with Crippen molar-refractivity contribution in [3.05, 3.63) is 0 Å². The number of nitrogens with zero attached hydrogens (tertiary/aromatic N) is 1. The zero-order chi connectivity index (χ0) is 10.1. The van der Waals surface area contributed by atoms with Gasteiger partial charge in [-0.1, -0.05) is 0 Å². The second kappa shape index (κ2) is 3.59. The lowest BCUT2D eigenvalue weighted by atomic mass is 9.97. The average molecular weight is 197 g/mol. The number of hydrogen-bond acceptors (Lipinski definition) is 3. The van der Waals surface area contributed by atoms with Crippen LogP contribution < -0.4 is 0 Å². The molecule has 2 fully saturated rings. The van der Waals surface area contributed by atoms with E-state index in [0.717, 1.165) is 12.8 Å². The molecule has 1 saturated heterocycles. The number of hydrogen-bond donors (Lipinski definition) is 0. The van der Waals surface area contributed by atoms with Crippen LogP contribution in [0.3, 0.4) is 0 Å². The lowest BCUT2D eigenvalue weighted by Gasteiger charge is -2.31. The Hall–Kier alpha value is -1.06. The van der Waals surface area contributed by atoms with Crippen molar-refractivity contribution in [2.75, 3.05) is 13.7 Å². The molecule has 78 valence electrons. The van der Waals surface area contributed by atoms with E-state index in [0.29, 0.717) is 25.4 Å². The highest BCUT2D eigenvalue weighted by Gasteiger charge is 2.38. The summed E-state index contributed by atoms with van der Waals surface area (Å²) in [6.07, 6.45) is 3.34. The number of methoxy groups -OCH3 is 1. The number of likely N-dealkylation sites (tertiary alicyclic amines) is 1. The normalized spacial score (nSPS) is 27.6. The number of rotatable bonds is 2. The maximum atomic E-state index is 11.5. The molecule has 1 aliphatic heterocycles. The predicted molar refractivity (Wildman–Crippen MR) is 49.5 cm³/mol. The fraction of sp³-hybridized carbons (Fsp3) is 0.800. The number of carbonyl (C=O) groups is 2. The van der Waals surface area contributed by atoms with Crippen LogP contribution >= 0.6 is 0 Å². The van der Waals surface area contributed by atoms with E-state index in [4.69, 9.17) is 4.74 Å². The topological polar surface area (TPSA) is 46.6 Å².